The molecule has 80 valence electrons. The maximum atomic E-state index is 11.0. The van der Waals surface area contributed by atoms with Gasteiger partial charge in [-0.15, -0.1) is 0 Å². The Morgan fingerprint density at radius 3 is 3.00 bits per heavy atom. The van der Waals surface area contributed by atoms with Gasteiger partial charge in [0.1, 0.15) is 11.5 Å². The summed E-state index contributed by atoms with van der Waals surface area (Å²) in [4.78, 5) is 11.0. The van der Waals surface area contributed by atoms with Gasteiger partial charge in [-0.1, -0.05) is 0 Å². The Balaban J connectivity index is 2.46. The summed E-state index contributed by atoms with van der Waals surface area (Å²) in [6, 6.07) is 4.59. The number of carbonyl (C=O) groups is 1. The van der Waals surface area contributed by atoms with Crippen molar-refractivity contribution in [1.82, 2.24) is 0 Å². The van der Waals surface area contributed by atoms with Crippen molar-refractivity contribution in [3.8, 4) is 11.5 Å². The van der Waals surface area contributed by atoms with Gasteiger partial charge >= 0.3 is 5.97 Å². The second kappa shape index (κ2) is 3.81. The van der Waals surface area contributed by atoms with E-state index in [4.69, 9.17) is 9.84 Å². The number of aliphatic carboxylic acids is 1. The number of phenols is 1. The highest BCUT2D eigenvalue weighted by Gasteiger charge is 2.25. The third-order valence-electron chi connectivity index (χ3n) is 2.56. The molecular weight excluding hydrogens is 196 g/mol. The van der Waals surface area contributed by atoms with Crippen LogP contribution in [0.15, 0.2) is 18.2 Å². The molecule has 4 heteroatoms. The van der Waals surface area contributed by atoms with Crippen LogP contribution in [-0.2, 0) is 4.79 Å². The number of fused-ring (bicyclic) bond motifs is 1. The molecule has 0 aliphatic carbocycles. The summed E-state index contributed by atoms with van der Waals surface area (Å²) in [6.07, 6.45) is 1.26. The van der Waals surface area contributed by atoms with Crippen LogP contribution in [0.5, 0.6) is 11.5 Å². The molecule has 0 fully saturated rings. The Morgan fingerprint density at radius 1 is 1.47 bits per heavy atom. The van der Waals surface area contributed by atoms with Crippen LogP contribution in [0.3, 0.4) is 0 Å². The number of benzene rings is 1. The van der Waals surface area contributed by atoms with Crippen molar-refractivity contribution in [3.05, 3.63) is 23.8 Å². The molecule has 2 rings (SSSR count). The van der Waals surface area contributed by atoms with Crippen LogP contribution in [0, 0.1) is 0 Å². The molecule has 2 N–H and O–H groups in total. The normalized spacial score (nSPS) is 19.9. The Kier molecular flexibility index (Phi) is 2.49. The summed E-state index contributed by atoms with van der Waals surface area (Å²) in [5, 5.41) is 18.4. The first-order chi connectivity index (χ1) is 7.18. The molecule has 1 aliphatic heterocycles. The molecule has 1 atom stereocenters. The number of carboxylic acids is 1. The topological polar surface area (TPSA) is 66.8 Å². The third-order valence-corrected chi connectivity index (χ3v) is 2.56. The van der Waals surface area contributed by atoms with Gasteiger partial charge in [-0.05, 0) is 31.0 Å². The first kappa shape index (κ1) is 9.83. The van der Waals surface area contributed by atoms with Crippen molar-refractivity contribution in [2.75, 3.05) is 6.61 Å². The highest BCUT2D eigenvalue weighted by atomic mass is 16.5. The molecule has 1 aromatic rings. The van der Waals surface area contributed by atoms with Gasteiger partial charge in [-0.25, -0.2) is 0 Å². The number of phenolic OH excluding ortho intramolecular Hbond substituents is 1. The number of ether oxygens (including phenoxy) is 1. The molecular formula is C11H12O4. The maximum Gasteiger partial charge on any atom is 0.311 e. The fourth-order valence-electron chi connectivity index (χ4n) is 1.82. The minimum atomic E-state index is -0.868. The van der Waals surface area contributed by atoms with E-state index >= 15 is 0 Å². The average Bonchev–Trinajstić information content (AvgIpc) is 2.39. The molecule has 0 amide bonds. The van der Waals surface area contributed by atoms with Crippen LogP contribution < -0.4 is 4.74 Å². The maximum absolute atomic E-state index is 11.0. The van der Waals surface area contributed by atoms with Crippen molar-refractivity contribution in [1.29, 1.82) is 0 Å². The second-order valence-electron chi connectivity index (χ2n) is 3.60. The van der Waals surface area contributed by atoms with Crippen molar-refractivity contribution < 1.29 is 19.7 Å². The van der Waals surface area contributed by atoms with E-state index in [1.807, 2.05) is 0 Å². The van der Waals surface area contributed by atoms with Crippen LogP contribution in [0.4, 0.5) is 0 Å². The van der Waals surface area contributed by atoms with Gasteiger partial charge < -0.3 is 14.9 Å². The van der Waals surface area contributed by atoms with E-state index in [1.165, 1.54) is 12.1 Å². The molecule has 1 heterocycles. The highest BCUT2D eigenvalue weighted by molar-refractivity contribution is 5.77. The van der Waals surface area contributed by atoms with Gasteiger partial charge in [0.05, 0.1) is 12.5 Å². The summed E-state index contributed by atoms with van der Waals surface area (Å²) >= 11 is 0. The van der Waals surface area contributed by atoms with Gasteiger partial charge in [-0.2, -0.15) is 0 Å². The quantitative estimate of drug-likeness (QED) is 0.737. The summed E-state index contributed by atoms with van der Waals surface area (Å²) < 4.78 is 5.41. The van der Waals surface area contributed by atoms with E-state index in [0.29, 0.717) is 30.8 Å². The SMILES string of the molecule is O=C(O)C1CCCOc2ccc(O)cc21. The van der Waals surface area contributed by atoms with Crippen molar-refractivity contribution in [2.45, 2.75) is 18.8 Å². The lowest BCUT2D eigenvalue weighted by molar-refractivity contribution is -0.138. The Bertz CT molecular complexity index is 386. The molecule has 0 saturated heterocycles. The van der Waals surface area contributed by atoms with E-state index in [1.54, 1.807) is 6.07 Å². The zero-order valence-corrected chi connectivity index (χ0v) is 8.14. The first-order valence-corrected chi connectivity index (χ1v) is 4.87. The van der Waals surface area contributed by atoms with E-state index in [9.17, 15) is 9.90 Å². The van der Waals surface area contributed by atoms with Crippen LogP contribution in [0.25, 0.3) is 0 Å². The van der Waals surface area contributed by atoms with E-state index in [2.05, 4.69) is 0 Å². The van der Waals surface area contributed by atoms with Gasteiger partial charge in [-0.3, -0.25) is 4.79 Å². The molecule has 0 aromatic heterocycles. The summed E-state index contributed by atoms with van der Waals surface area (Å²) in [6.45, 7) is 0.529. The molecule has 0 radical (unpaired) electrons. The van der Waals surface area contributed by atoms with Gasteiger partial charge in [0.25, 0.3) is 0 Å². The lowest BCUT2D eigenvalue weighted by Gasteiger charge is -2.12. The van der Waals surface area contributed by atoms with Gasteiger partial charge in [0, 0.05) is 5.56 Å². The number of aromatic hydroxyl groups is 1. The van der Waals surface area contributed by atoms with E-state index < -0.39 is 11.9 Å². The number of rotatable bonds is 1. The van der Waals surface area contributed by atoms with Gasteiger partial charge in [0.15, 0.2) is 0 Å². The Morgan fingerprint density at radius 2 is 2.27 bits per heavy atom. The predicted octanol–water partition coefficient (Wildman–Crippen LogP) is 1.73. The summed E-state index contributed by atoms with van der Waals surface area (Å²) in [7, 11) is 0. The largest absolute Gasteiger partial charge is 0.508 e. The standard InChI is InChI=1S/C11H12O4/c12-7-3-4-10-9(6-7)8(11(13)14)2-1-5-15-10/h3-4,6,8,12H,1-2,5H2,(H,13,14). The Hall–Kier alpha value is -1.71. The monoisotopic (exact) mass is 208 g/mol. The highest BCUT2D eigenvalue weighted by Crippen LogP contribution is 2.35. The van der Waals surface area contributed by atoms with Crippen LogP contribution in [0.2, 0.25) is 0 Å². The van der Waals surface area contributed by atoms with Crippen molar-refractivity contribution in [2.24, 2.45) is 0 Å². The van der Waals surface area contributed by atoms with Crippen LogP contribution in [0.1, 0.15) is 24.3 Å². The Labute approximate surface area is 87.1 Å². The molecule has 0 spiro atoms. The lowest BCUT2D eigenvalue weighted by atomic mass is 9.94. The molecule has 1 aliphatic rings. The average molecular weight is 208 g/mol. The smallest absolute Gasteiger partial charge is 0.311 e. The molecule has 1 unspecified atom stereocenters. The molecule has 15 heavy (non-hydrogen) atoms. The minimum Gasteiger partial charge on any atom is -0.508 e. The van der Waals surface area contributed by atoms with Gasteiger partial charge in [0.2, 0.25) is 0 Å². The number of hydrogen-bond donors (Lipinski definition) is 2. The lowest BCUT2D eigenvalue weighted by Crippen LogP contribution is -2.10. The fraction of sp³-hybridized carbons (Fsp3) is 0.364. The summed E-state index contributed by atoms with van der Waals surface area (Å²) in [5.74, 6) is -0.801. The van der Waals surface area contributed by atoms with Crippen molar-refractivity contribution >= 4 is 5.97 Å². The number of hydrogen-bond acceptors (Lipinski definition) is 3. The predicted molar refractivity (Wildman–Crippen MR) is 53.2 cm³/mol. The minimum absolute atomic E-state index is 0.0745. The van der Waals surface area contributed by atoms with Crippen LogP contribution >= 0.6 is 0 Å². The number of carboxylic acid groups (broad SMARTS) is 1. The zero-order valence-electron chi connectivity index (χ0n) is 8.14. The van der Waals surface area contributed by atoms with Crippen molar-refractivity contribution in [3.63, 3.8) is 0 Å². The van der Waals surface area contributed by atoms with E-state index in [0.717, 1.165) is 0 Å². The van der Waals surface area contributed by atoms with E-state index in [-0.39, 0.29) is 5.75 Å². The summed E-state index contributed by atoms with van der Waals surface area (Å²) in [5.41, 5.74) is 0.569. The first-order valence-electron chi connectivity index (χ1n) is 4.87. The third kappa shape index (κ3) is 1.88. The fourth-order valence-corrected chi connectivity index (χ4v) is 1.82. The molecule has 4 nitrogen and oxygen atoms in total. The zero-order chi connectivity index (χ0) is 10.8. The second-order valence-corrected chi connectivity index (χ2v) is 3.60. The molecule has 1 aromatic carbocycles. The van der Waals surface area contributed by atoms with Crippen LogP contribution in [-0.4, -0.2) is 22.8 Å². The molecule has 0 bridgehead atoms. The molecule has 0 saturated carbocycles.